The van der Waals surface area contributed by atoms with E-state index >= 15 is 0 Å². The highest BCUT2D eigenvalue weighted by Crippen LogP contribution is 2.16. The molecule has 0 aliphatic carbocycles. The van der Waals surface area contributed by atoms with Gasteiger partial charge in [-0.2, -0.15) is 8.78 Å². The van der Waals surface area contributed by atoms with E-state index in [1.54, 1.807) is 19.9 Å². The summed E-state index contributed by atoms with van der Waals surface area (Å²) in [7, 11) is 0. The summed E-state index contributed by atoms with van der Waals surface area (Å²) >= 11 is 0. The van der Waals surface area contributed by atoms with Gasteiger partial charge in [-0.05, 0) is 32.1 Å². The third-order valence-corrected chi connectivity index (χ3v) is 1.76. The predicted octanol–water partition coefficient (Wildman–Crippen LogP) is 3.44. The third-order valence-electron chi connectivity index (χ3n) is 1.76. The Morgan fingerprint density at radius 3 is 2.62 bits per heavy atom. The minimum Gasteiger partial charge on any atom is -0.435 e. The van der Waals surface area contributed by atoms with E-state index in [0.717, 1.165) is 5.57 Å². The van der Waals surface area contributed by atoms with E-state index in [4.69, 9.17) is 0 Å². The maximum absolute atomic E-state index is 11.9. The highest BCUT2D eigenvalue weighted by Gasteiger charge is 2.07. The molecule has 4 heteroatoms. The first kappa shape index (κ1) is 12.4. The Balaban J connectivity index is 2.90. The highest BCUT2D eigenvalue weighted by atomic mass is 19.3. The van der Waals surface area contributed by atoms with Crippen LogP contribution in [-0.2, 0) is 0 Å². The van der Waals surface area contributed by atoms with Crippen molar-refractivity contribution in [3.05, 3.63) is 41.5 Å². The molecule has 0 aliphatic heterocycles. The van der Waals surface area contributed by atoms with Gasteiger partial charge in [-0.1, -0.05) is 17.7 Å². The summed E-state index contributed by atoms with van der Waals surface area (Å²) in [6.07, 6.45) is 1.45. The molecule has 0 N–H and O–H groups in total. The Labute approximate surface area is 92.5 Å². The maximum atomic E-state index is 11.9. The number of rotatable bonds is 4. The molecule has 0 amide bonds. The fourth-order valence-corrected chi connectivity index (χ4v) is 1.17. The summed E-state index contributed by atoms with van der Waals surface area (Å²) < 4.78 is 28.1. The van der Waals surface area contributed by atoms with Crippen LogP contribution in [0.2, 0.25) is 0 Å². The fraction of sp³-hybridized carbons (Fsp3) is 0.250. The zero-order valence-corrected chi connectivity index (χ0v) is 9.04. The lowest BCUT2D eigenvalue weighted by Gasteiger charge is -2.05. The van der Waals surface area contributed by atoms with Gasteiger partial charge in [-0.15, -0.1) is 0 Å². The molecule has 1 aromatic rings. The zero-order chi connectivity index (χ0) is 12.1. The number of ketones is 1. The topological polar surface area (TPSA) is 26.3 Å². The molecule has 1 aromatic carbocycles. The van der Waals surface area contributed by atoms with Crippen molar-refractivity contribution < 1.29 is 18.3 Å². The number of allylic oxidation sites excluding steroid dienone is 2. The summed E-state index contributed by atoms with van der Waals surface area (Å²) in [5, 5.41) is 0. The van der Waals surface area contributed by atoms with E-state index in [9.17, 15) is 13.6 Å². The molecule has 0 radical (unpaired) electrons. The minimum absolute atomic E-state index is 0.0111. The predicted molar refractivity (Wildman–Crippen MR) is 56.8 cm³/mol. The molecular formula is C12H12F2O2. The van der Waals surface area contributed by atoms with Crippen LogP contribution in [0.3, 0.4) is 0 Å². The molecule has 0 heterocycles. The zero-order valence-electron chi connectivity index (χ0n) is 9.04. The van der Waals surface area contributed by atoms with Crippen molar-refractivity contribution in [2.24, 2.45) is 0 Å². The van der Waals surface area contributed by atoms with Crippen LogP contribution in [0, 0.1) is 0 Å². The van der Waals surface area contributed by atoms with Gasteiger partial charge in [0.1, 0.15) is 5.75 Å². The highest BCUT2D eigenvalue weighted by molar-refractivity contribution is 6.05. The van der Waals surface area contributed by atoms with E-state index in [-0.39, 0.29) is 11.5 Å². The summed E-state index contributed by atoms with van der Waals surface area (Å²) in [4.78, 5) is 11.6. The monoisotopic (exact) mass is 226 g/mol. The molecule has 0 saturated carbocycles. The molecule has 0 fully saturated rings. The SMILES string of the molecule is CC(C)=CC(=O)c1cccc(OC(F)F)c1. The fourth-order valence-electron chi connectivity index (χ4n) is 1.17. The van der Waals surface area contributed by atoms with E-state index in [1.807, 2.05) is 0 Å². The number of carbonyl (C=O) groups excluding carboxylic acids is 1. The number of hydrogen-bond acceptors (Lipinski definition) is 2. The number of benzene rings is 1. The van der Waals surface area contributed by atoms with Crippen molar-refractivity contribution in [1.82, 2.24) is 0 Å². The molecule has 0 unspecified atom stereocenters. The second kappa shape index (κ2) is 5.39. The van der Waals surface area contributed by atoms with E-state index in [2.05, 4.69) is 4.74 Å². The minimum atomic E-state index is -2.88. The molecular weight excluding hydrogens is 214 g/mol. The number of halogens is 2. The Kier molecular flexibility index (Phi) is 4.17. The molecule has 0 aromatic heterocycles. The van der Waals surface area contributed by atoms with Crippen molar-refractivity contribution in [1.29, 1.82) is 0 Å². The summed E-state index contributed by atoms with van der Waals surface area (Å²) in [6, 6.07) is 5.74. The van der Waals surface area contributed by atoms with Crippen LogP contribution in [-0.4, -0.2) is 12.4 Å². The normalized spacial score (nSPS) is 10.1. The van der Waals surface area contributed by atoms with Crippen molar-refractivity contribution in [3.63, 3.8) is 0 Å². The van der Waals surface area contributed by atoms with Gasteiger partial charge in [0.05, 0.1) is 0 Å². The lowest BCUT2D eigenvalue weighted by molar-refractivity contribution is -0.0498. The van der Waals surface area contributed by atoms with Gasteiger partial charge in [0, 0.05) is 5.56 Å². The van der Waals surface area contributed by atoms with Crippen molar-refractivity contribution in [3.8, 4) is 5.75 Å². The van der Waals surface area contributed by atoms with Gasteiger partial charge in [-0.3, -0.25) is 4.79 Å². The van der Waals surface area contributed by atoms with Gasteiger partial charge in [0.25, 0.3) is 0 Å². The van der Waals surface area contributed by atoms with Crippen LogP contribution in [0.15, 0.2) is 35.9 Å². The van der Waals surface area contributed by atoms with E-state index < -0.39 is 6.61 Å². The Morgan fingerprint density at radius 2 is 2.06 bits per heavy atom. The van der Waals surface area contributed by atoms with Crippen LogP contribution < -0.4 is 4.74 Å². The largest absolute Gasteiger partial charge is 0.435 e. The number of carbonyl (C=O) groups is 1. The third kappa shape index (κ3) is 3.81. The van der Waals surface area contributed by atoms with E-state index in [0.29, 0.717) is 5.56 Å². The lowest BCUT2D eigenvalue weighted by atomic mass is 10.1. The van der Waals surface area contributed by atoms with Crippen molar-refractivity contribution >= 4 is 5.78 Å². The standard InChI is InChI=1S/C12H12F2O2/c1-8(2)6-11(15)9-4-3-5-10(7-9)16-12(13)14/h3-7,12H,1-2H3. The number of ether oxygens (including phenoxy) is 1. The molecule has 0 spiro atoms. The Bertz CT molecular complexity index is 407. The second-order valence-electron chi connectivity index (χ2n) is 3.49. The first-order valence-corrected chi connectivity index (χ1v) is 4.73. The molecule has 2 nitrogen and oxygen atoms in total. The first-order chi connectivity index (χ1) is 7.49. The van der Waals surface area contributed by atoms with Gasteiger partial charge in [0.2, 0.25) is 0 Å². The van der Waals surface area contributed by atoms with E-state index in [1.165, 1.54) is 24.3 Å². The average Bonchev–Trinajstić information content (AvgIpc) is 2.16. The molecule has 16 heavy (non-hydrogen) atoms. The van der Waals surface area contributed by atoms with Gasteiger partial charge >= 0.3 is 6.61 Å². The maximum Gasteiger partial charge on any atom is 0.387 e. The summed E-state index contributed by atoms with van der Waals surface area (Å²) in [5.41, 5.74) is 1.18. The van der Waals surface area contributed by atoms with Gasteiger partial charge in [-0.25, -0.2) is 0 Å². The average molecular weight is 226 g/mol. The summed E-state index contributed by atoms with van der Waals surface area (Å²) in [6.45, 7) is 0.697. The molecule has 0 aliphatic rings. The Hall–Kier alpha value is -1.71. The number of hydrogen-bond donors (Lipinski definition) is 0. The molecule has 0 atom stereocenters. The van der Waals surface area contributed by atoms with Crippen LogP contribution in [0.4, 0.5) is 8.78 Å². The Morgan fingerprint density at radius 1 is 1.38 bits per heavy atom. The molecule has 0 bridgehead atoms. The van der Waals surface area contributed by atoms with Crippen molar-refractivity contribution in [2.45, 2.75) is 20.5 Å². The second-order valence-corrected chi connectivity index (χ2v) is 3.49. The van der Waals surface area contributed by atoms with Crippen LogP contribution >= 0.6 is 0 Å². The molecule has 1 rings (SSSR count). The van der Waals surface area contributed by atoms with Crippen molar-refractivity contribution in [2.75, 3.05) is 0 Å². The lowest BCUT2D eigenvalue weighted by Crippen LogP contribution is -2.03. The molecule has 0 saturated heterocycles. The van der Waals surface area contributed by atoms with Crippen LogP contribution in [0.25, 0.3) is 0 Å². The smallest absolute Gasteiger partial charge is 0.387 e. The van der Waals surface area contributed by atoms with Gasteiger partial charge < -0.3 is 4.74 Å². The van der Waals surface area contributed by atoms with Gasteiger partial charge in [0.15, 0.2) is 5.78 Å². The quantitative estimate of drug-likeness (QED) is 0.580. The van der Waals surface area contributed by atoms with Crippen LogP contribution in [0.1, 0.15) is 24.2 Å². The first-order valence-electron chi connectivity index (χ1n) is 4.73. The van der Waals surface area contributed by atoms with Crippen LogP contribution in [0.5, 0.6) is 5.75 Å². The summed E-state index contributed by atoms with van der Waals surface area (Å²) in [5.74, 6) is -0.234. The number of alkyl halides is 2. The molecule has 86 valence electrons.